The molecule has 6 nitrogen and oxygen atoms in total. The van der Waals surface area contributed by atoms with Gasteiger partial charge < -0.3 is 10.1 Å². The summed E-state index contributed by atoms with van der Waals surface area (Å²) in [7, 11) is 0. The van der Waals surface area contributed by atoms with Crippen molar-refractivity contribution in [3.05, 3.63) is 71.8 Å². The number of amides is 2. The minimum Gasteiger partial charge on any atom is -0.493 e. The Balaban J connectivity index is 1.74. The van der Waals surface area contributed by atoms with Crippen LogP contribution < -0.4 is 15.5 Å². The molecule has 0 aliphatic heterocycles. The van der Waals surface area contributed by atoms with Gasteiger partial charge in [0.05, 0.1) is 12.8 Å². The van der Waals surface area contributed by atoms with Crippen molar-refractivity contribution in [3.8, 4) is 5.75 Å². The highest BCUT2D eigenvalue weighted by atomic mass is 16.5. The maximum atomic E-state index is 12.2. The van der Waals surface area contributed by atoms with Crippen LogP contribution in [0.1, 0.15) is 31.4 Å². The van der Waals surface area contributed by atoms with Gasteiger partial charge in [0.25, 0.3) is 0 Å². The fourth-order valence-electron chi connectivity index (χ4n) is 3.08. The van der Waals surface area contributed by atoms with Gasteiger partial charge in [-0.05, 0) is 41.3 Å². The molecule has 3 aromatic rings. The number of hydrazone groups is 1. The highest BCUT2D eigenvalue weighted by Gasteiger charge is 2.14. The van der Waals surface area contributed by atoms with Crippen LogP contribution in [0.15, 0.2) is 65.8 Å². The number of nitrogens with zero attached hydrogens (tertiary/aromatic N) is 1. The molecule has 0 atom stereocenters. The first-order chi connectivity index (χ1) is 14.6. The normalized spacial score (nSPS) is 10.9. The largest absolute Gasteiger partial charge is 0.493 e. The first-order valence-corrected chi connectivity index (χ1v) is 10.0. The van der Waals surface area contributed by atoms with Crippen LogP contribution in [0.3, 0.4) is 0 Å². The number of fused-ring (bicyclic) bond motifs is 1. The lowest BCUT2D eigenvalue weighted by molar-refractivity contribution is -0.136. The molecule has 2 N–H and O–H groups in total. The van der Waals surface area contributed by atoms with E-state index in [1.807, 2.05) is 68.4 Å². The number of benzene rings is 3. The number of anilines is 1. The Hall–Kier alpha value is -3.67. The van der Waals surface area contributed by atoms with Crippen molar-refractivity contribution in [1.82, 2.24) is 5.43 Å². The van der Waals surface area contributed by atoms with E-state index < -0.39 is 11.8 Å². The molecule has 0 saturated heterocycles. The van der Waals surface area contributed by atoms with Crippen molar-refractivity contribution >= 4 is 34.5 Å². The quantitative estimate of drug-likeness (QED) is 0.351. The fourth-order valence-corrected chi connectivity index (χ4v) is 3.08. The zero-order chi connectivity index (χ0) is 21.3. The number of nitrogens with one attached hydrogen (secondary N) is 2. The van der Waals surface area contributed by atoms with Crippen LogP contribution in [0.5, 0.6) is 5.75 Å². The molecule has 0 radical (unpaired) electrons. The highest BCUT2D eigenvalue weighted by Crippen LogP contribution is 2.26. The predicted molar refractivity (Wildman–Crippen MR) is 120 cm³/mol. The molecule has 0 aliphatic rings. The van der Waals surface area contributed by atoms with E-state index in [1.54, 1.807) is 6.07 Å². The SMILES string of the molecule is CCCOc1ccc2ccccc2c1/C=N\NC(=O)C(=O)Nc1ccccc1CC. The van der Waals surface area contributed by atoms with Crippen molar-refractivity contribution in [2.24, 2.45) is 5.10 Å². The van der Waals surface area contributed by atoms with E-state index >= 15 is 0 Å². The minimum atomic E-state index is -0.839. The van der Waals surface area contributed by atoms with E-state index in [1.165, 1.54) is 6.21 Å². The van der Waals surface area contributed by atoms with E-state index in [4.69, 9.17) is 4.74 Å². The van der Waals surface area contributed by atoms with Crippen molar-refractivity contribution in [3.63, 3.8) is 0 Å². The van der Waals surface area contributed by atoms with Crippen molar-refractivity contribution in [1.29, 1.82) is 0 Å². The molecule has 3 rings (SSSR count). The smallest absolute Gasteiger partial charge is 0.329 e. The number of rotatable bonds is 7. The summed E-state index contributed by atoms with van der Waals surface area (Å²) in [5.74, 6) is -0.934. The van der Waals surface area contributed by atoms with Gasteiger partial charge in [-0.2, -0.15) is 5.10 Å². The maximum Gasteiger partial charge on any atom is 0.329 e. The van der Waals surface area contributed by atoms with Gasteiger partial charge >= 0.3 is 11.8 Å². The standard InChI is InChI=1S/C24H25N3O3/c1-3-15-30-22-14-13-18-10-5-7-11-19(18)20(22)16-25-27-24(29)23(28)26-21-12-8-6-9-17(21)4-2/h5-14,16H,3-4,15H2,1-2H3,(H,26,28)(H,27,29)/b25-16-. The molecule has 0 aromatic heterocycles. The highest BCUT2D eigenvalue weighted by molar-refractivity contribution is 6.39. The first kappa shape index (κ1) is 21.0. The van der Waals surface area contributed by atoms with Crippen LogP contribution in [-0.4, -0.2) is 24.6 Å². The van der Waals surface area contributed by atoms with E-state index in [9.17, 15) is 9.59 Å². The van der Waals surface area contributed by atoms with Crippen LogP contribution in [-0.2, 0) is 16.0 Å². The molecule has 0 spiro atoms. The molecule has 0 unspecified atom stereocenters. The number of aryl methyl sites for hydroxylation is 1. The molecular weight excluding hydrogens is 378 g/mol. The van der Waals surface area contributed by atoms with E-state index in [0.29, 0.717) is 18.0 Å². The van der Waals surface area contributed by atoms with Crippen molar-refractivity contribution in [2.45, 2.75) is 26.7 Å². The van der Waals surface area contributed by atoms with Gasteiger partial charge in [-0.1, -0.05) is 62.4 Å². The lowest BCUT2D eigenvalue weighted by atomic mass is 10.0. The zero-order valence-electron chi connectivity index (χ0n) is 17.1. The number of hydrogen-bond donors (Lipinski definition) is 2. The molecule has 2 amide bonds. The maximum absolute atomic E-state index is 12.2. The molecule has 6 heteroatoms. The summed E-state index contributed by atoms with van der Waals surface area (Å²) in [5, 5.41) is 8.61. The third kappa shape index (κ3) is 5.03. The molecule has 0 heterocycles. The van der Waals surface area contributed by atoms with E-state index in [0.717, 1.165) is 34.7 Å². The Morgan fingerprint density at radius 1 is 0.967 bits per heavy atom. The number of ether oxygens (including phenoxy) is 1. The van der Waals surface area contributed by atoms with E-state index in [2.05, 4.69) is 15.8 Å². The second kappa shape index (κ2) is 10.2. The predicted octanol–water partition coefficient (Wildman–Crippen LogP) is 4.28. The van der Waals surface area contributed by atoms with Crippen molar-refractivity contribution in [2.75, 3.05) is 11.9 Å². The number of carbonyl (C=O) groups excluding carboxylic acids is 2. The summed E-state index contributed by atoms with van der Waals surface area (Å²) >= 11 is 0. The van der Waals surface area contributed by atoms with Crippen molar-refractivity contribution < 1.29 is 14.3 Å². The first-order valence-electron chi connectivity index (χ1n) is 10.0. The number of carbonyl (C=O) groups is 2. The lowest BCUT2D eigenvalue weighted by Crippen LogP contribution is -2.32. The van der Waals surface area contributed by atoms with Crippen LogP contribution in [0.4, 0.5) is 5.69 Å². The average Bonchev–Trinajstić information content (AvgIpc) is 2.78. The monoisotopic (exact) mass is 403 g/mol. The third-order valence-corrected chi connectivity index (χ3v) is 4.60. The van der Waals surface area contributed by atoms with Crippen LogP contribution in [0.25, 0.3) is 10.8 Å². The van der Waals surface area contributed by atoms with Gasteiger partial charge in [-0.3, -0.25) is 9.59 Å². The van der Waals surface area contributed by atoms with Gasteiger partial charge in [0.15, 0.2) is 0 Å². The second-order valence-corrected chi connectivity index (χ2v) is 6.71. The molecule has 154 valence electrons. The Bertz CT molecular complexity index is 1080. The minimum absolute atomic E-state index is 0.574. The third-order valence-electron chi connectivity index (χ3n) is 4.60. The fraction of sp³-hybridized carbons (Fsp3) is 0.208. The Morgan fingerprint density at radius 2 is 1.73 bits per heavy atom. The Morgan fingerprint density at radius 3 is 2.53 bits per heavy atom. The second-order valence-electron chi connectivity index (χ2n) is 6.71. The summed E-state index contributed by atoms with van der Waals surface area (Å²) < 4.78 is 5.82. The Labute approximate surface area is 175 Å². The van der Waals surface area contributed by atoms with Gasteiger partial charge in [-0.15, -0.1) is 0 Å². The molecule has 0 bridgehead atoms. The average molecular weight is 403 g/mol. The van der Waals surface area contributed by atoms with Crippen LogP contribution >= 0.6 is 0 Å². The number of para-hydroxylation sites is 1. The molecular formula is C24H25N3O3. The summed E-state index contributed by atoms with van der Waals surface area (Å²) in [6.45, 7) is 4.59. The summed E-state index contributed by atoms with van der Waals surface area (Å²) in [5.41, 5.74) is 4.62. The van der Waals surface area contributed by atoms with Gasteiger partial charge in [0.2, 0.25) is 0 Å². The number of hydrogen-bond acceptors (Lipinski definition) is 4. The summed E-state index contributed by atoms with van der Waals surface area (Å²) in [6.07, 6.45) is 3.13. The Kier molecular flexibility index (Phi) is 7.16. The molecule has 0 fully saturated rings. The van der Waals surface area contributed by atoms with Crippen LogP contribution in [0.2, 0.25) is 0 Å². The summed E-state index contributed by atoms with van der Waals surface area (Å²) in [4.78, 5) is 24.4. The summed E-state index contributed by atoms with van der Waals surface area (Å²) in [6, 6.07) is 19.1. The molecule has 30 heavy (non-hydrogen) atoms. The molecule has 0 aliphatic carbocycles. The zero-order valence-corrected chi connectivity index (χ0v) is 17.1. The van der Waals surface area contributed by atoms with Crippen LogP contribution in [0, 0.1) is 0 Å². The molecule has 3 aromatic carbocycles. The topological polar surface area (TPSA) is 79.8 Å². The lowest BCUT2D eigenvalue weighted by Gasteiger charge is -2.11. The van der Waals surface area contributed by atoms with Gasteiger partial charge in [0, 0.05) is 11.3 Å². The van der Waals surface area contributed by atoms with Gasteiger partial charge in [-0.25, -0.2) is 5.43 Å². The van der Waals surface area contributed by atoms with Gasteiger partial charge in [0.1, 0.15) is 5.75 Å². The molecule has 0 saturated carbocycles. The van der Waals surface area contributed by atoms with E-state index in [-0.39, 0.29) is 0 Å².